The van der Waals surface area contributed by atoms with E-state index in [0.29, 0.717) is 6.04 Å². The van der Waals surface area contributed by atoms with Gasteiger partial charge in [0.25, 0.3) is 0 Å². The number of nitrogens with one attached hydrogen (secondary N) is 2. The lowest BCUT2D eigenvalue weighted by molar-refractivity contribution is 0.325. The Kier molecular flexibility index (Phi) is 4.09. The molecule has 0 radical (unpaired) electrons. The van der Waals surface area contributed by atoms with Crippen LogP contribution >= 0.6 is 0 Å². The molecule has 1 saturated carbocycles. The molecule has 0 amide bonds. The molecule has 2 fully saturated rings. The van der Waals surface area contributed by atoms with Crippen molar-refractivity contribution in [2.75, 3.05) is 6.54 Å². The van der Waals surface area contributed by atoms with Gasteiger partial charge < -0.3 is 10.6 Å². The van der Waals surface area contributed by atoms with Gasteiger partial charge in [0.1, 0.15) is 0 Å². The highest BCUT2D eigenvalue weighted by molar-refractivity contribution is 5.78. The minimum Gasteiger partial charge on any atom is -0.310 e. The third-order valence-electron chi connectivity index (χ3n) is 5.30. The lowest BCUT2D eigenvalue weighted by Crippen LogP contribution is -2.38. The Bertz CT molecular complexity index is 625. The first-order valence-electron chi connectivity index (χ1n) is 8.70. The van der Waals surface area contributed by atoms with Gasteiger partial charge in [-0.2, -0.15) is 0 Å². The van der Waals surface area contributed by atoms with Crippen LogP contribution < -0.4 is 10.6 Å². The second-order valence-electron chi connectivity index (χ2n) is 6.88. The summed E-state index contributed by atoms with van der Waals surface area (Å²) in [5.41, 5.74) is 2.22. The van der Waals surface area contributed by atoms with Crippen molar-refractivity contribution in [3.8, 4) is 0 Å². The Morgan fingerprint density at radius 2 is 2.00 bits per heavy atom. The smallest absolute Gasteiger partial charge is 0.0705 e. The van der Waals surface area contributed by atoms with E-state index in [9.17, 15) is 0 Å². The van der Waals surface area contributed by atoms with Gasteiger partial charge in [0.2, 0.25) is 0 Å². The van der Waals surface area contributed by atoms with Crippen LogP contribution in [0.1, 0.15) is 37.8 Å². The molecule has 1 saturated heterocycles. The first kappa shape index (κ1) is 14.2. The van der Waals surface area contributed by atoms with Crippen molar-refractivity contribution in [1.82, 2.24) is 15.6 Å². The van der Waals surface area contributed by atoms with Gasteiger partial charge >= 0.3 is 0 Å². The first-order chi connectivity index (χ1) is 10.9. The fourth-order valence-corrected chi connectivity index (χ4v) is 4.17. The zero-order valence-corrected chi connectivity index (χ0v) is 13.1. The van der Waals surface area contributed by atoms with E-state index in [4.69, 9.17) is 4.98 Å². The van der Waals surface area contributed by atoms with Gasteiger partial charge in [-0.25, -0.2) is 0 Å². The molecule has 1 aromatic carbocycles. The van der Waals surface area contributed by atoms with Gasteiger partial charge in [-0.3, -0.25) is 4.98 Å². The van der Waals surface area contributed by atoms with Crippen LogP contribution in [0.4, 0.5) is 0 Å². The number of aromatic nitrogens is 1. The van der Waals surface area contributed by atoms with Gasteiger partial charge in [0.05, 0.1) is 11.2 Å². The third kappa shape index (κ3) is 3.01. The molecule has 2 aliphatic rings. The first-order valence-corrected chi connectivity index (χ1v) is 8.70. The topological polar surface area (TPSA) is 37.0 Å². The van der Waals surface area contributed by atoms with Crippen LogP contribution in [-0.2, 0) is 6.54 Å². The van der Waals surface area contributed by atoms with E-state index in [0.717, 1.165) is 36.3 Å². The standard InChI is InChI=1S/C19H25N3/c1-3-7-18-14(5-1)9-10-16(21-18)12-20-13-17-11-15-6-2-4-8-19(15)22-17/h1,3,5,7,9-10,15,17,19-20,22H,2,4,6,8,11-13H2/t15-,17-,19-/m0/s1. The molecule has 3 atom stereocenters. The van der Waals surface area contributed by atoms with Gasteiger partial charge in [0.15, 0.2) is 0 Å². The highest BCUT2D eigenvalue weighted by Gasteiger charge is 2.34. The van der Waals surface area contributed by atoms with Gasteiger partial charge in [0, 0.05) is 30.6 Å². The largest absolute Gasteiger partial charge is 0.310 e. The number of rotatable bonds is 4. The van der Waals surface area contributed by atoms with E-state index < -0.39 is 0 Å². The monoisotopic (exact) mass is 295 g/mol. The molecular weight excluding hydrogens is 270 g/mol. The van der Waals surface area contributed by atoms with Crippen LogP contribution in [-0.4, -0.2) is 23.6 Å². The summed E-state index contributed by atoms with van der Waals surface area (Å²) in [6, 6.07) is 14.1. The predicted octanol–water partition coefficient (Wildman–Crippen LogP) is 3.25. The molecule has 3 heteroatoms. The maximum Gasteiger partial charge on any atom is 0.0705 e. The molecule has 0 spiro atoms. The molecule has 1 aromatic heterocycles. The van der Waals surface area contributed by atoms with Crippen molar-refractivity contribution in [3.63, 3.8) is 0 Å². The van der Waals surface area contributed by atoms with Crippen molar-refractivity contribution in [2.45, 2.75) is 50.7 Å². The van der Waals surface area contributed by atoms with Crippen LogP contribution in [0.5, 0.6) is 0 Å². The van der Waals surface area contributed by atoms with Crippen molar-refractivity contribution in [3.05, 3.63) is 42.1 Å². The zero-order valence-electron chi connectivity index (χ0n) is 13.1. The molecule has 22 heavy (non-hydrogen) atoms. The molecule has 4 rings (SSSR count). The maximum atomic E-state index is 4.73. The molecule has 0 bridgehead atoms. The molecule has 1 aliphatic carbocycles. The summed E-state index contributed by atoms with van der Waals surface area (Å²) >= 11 is 0. The van der Waals surface area contributed by atoms with E-state index in [1.54, 1.807) is 0 Å². The summed E-state index contributed by atoms with van der Waals surface area (Å²) < 4.78 is 0. The summed E-state index contributed by atoms with van der Waals surface area (Å²) in [4.78, 5) is 4.73. The Hall–Kier alpha value is -1.45. The molecule has 2 N–H and O–H groups in total. The van der Waals surface area contributed by atoms with Crippen LogP contribution in [0.2, 0.25) is 0 Å². The van der Waals surface area contributed by atoms with Crippen LogP contribution in [0.3, 0.4) is 0 Å². The Balaban J connectivity index is 1.31. The molecule has 2 heterocycles. The summed E-state index contributed by atoms with van der Waals surface area (Å²) in [7, 11) is 0. The molecule has 116 valence electrons. The quantitative estimate of drug-likeness (QED) is 0.909. The number of para-hydroxylation sites is 1. The van der Waals surface area contributed by atoms with E-state index in [1.807, 2.05) is 0 Å². The lowest BCUT2D eigenvalue weighted by atomic mass is 9.85. The molecule has 0 unspecified atom stereocenters. The fraction of sp³-hybridized carbons (Fsp3) is 0.526. The summed E-state index contributed by atoms with van der Waals surface area (Å²) in [6.45, 7) is 1.92. The number of hydrogen-bond donors (Lipinski definition) is 2. The summed E-state index contributed by atoms with van der Waals surface area (Å²) in [5.74, 6) is 0.930. The van der Waals surface area contributed by atoms with E-state index >= 15 is 0 Å². The lowest BCUT2D eigenvalue weighted by Gasteiger charge is -2.24. The second-order valence-corrected chi connectivity index (χ2v) is 6.88. The fourth-order valence-electron chi connectivity index (χ4n) is 4.17. The van der Waals surface area contributed by atoms with Crippen LogP contribution in [0.15, 0.2) is 36.4 Å². The van der Waals surface area contributed by atoms with E-state index in [2.05, 4.69) is 47.0 Å². The van der Waals surface area contributed by atoms with Crippen LogP contribution in [0.25, 0.3) is 10.9 Å². The maximum absolute atomic E-state index is 4.73. The average molecular weight is 295 g/mol. The number of nitrogens with zero attached hydrogens (tertiary/aromatic N) is 1. The van der Waals surface area contributed by atoms with Crippen molar-refractivity contribution < 1.29 is 0 Å². The van der Waals surface area contributed by atoms with Crippen molar-refractivity contribution >= 4 is 10.9 Å². The van der Waals surface area contributed by atoms with Crippen molar-refractivity contribution in [2.24, 2.45) is 5.92 Å². The SMILES string of the molecule is c1ccc2nc(CNC[C@@H]3C[C@@H]4CCCC[C@@H]4N3)ccc2c1. The third-order valence-corrected chi connectivity index (χ3v) is 5.30. The van der Waals surface area contributed by atoms with Crippen molar-refractivity contribution in [1.29, 1.82) is 0 Å². The average Bonchev–Trinajstić information content (AvgIpc) is 2.97. The minimum atomic E-state index is 0.647. The molecular formula is C19H25N3. The summed E-state index contributed by atoms with van der Waals surface area (Å²) in [6.07, 6.45) is 7.01. The summed E-state index contributed by atoms with van der Waals surface area (Å²) in [5, 5.41) is 8.63. The molecule has 2 aromatic rings. The van der Waals surface area contributed by atoms with Gasteiger partial charge in [-0.15, -0.1) is 0 Å². The van der Waals surface area contributed by atoms with Gasteiger partial charge in [-0.05, 0) is 37.3 Å². The number of benzene rings is 1. The zero-order chi connectivity index (χ0) is 14.8. The van der Waals surface area contributed by atoms with Crippen LogP contribution in [0, 0.1) is 5.92 Å². The Morgan fingerprint density at radius 1 is 1.09 bits per heavy atom. The highest BCUT2D eigenvalue weighted by Crippen LogP contribution is 2.32. The minimum absolute atomic E-state index is 0.647. The highest BCUT2D eigenvalue weighted by atomic mass is 15.0. The van der Waals surface area contributed by atoms with E-state index in [1.165, 1.54) is 37.5 Å². The second kappa shape index (κ2) is 6.35. The number of hydrogen-bond acceptors (Lipinski definition) is 3. The number of pyridine rings is 1. The molecule has 1 aliphatic heterocycles. The molecule has 3 nitrogen and oxygen atoms in total. The van der Waals surface area contributed by atoms with Gasteiger partial charge in [-0.1, -0.05) is 37.1 Å². The Morgan fingerprint density at radius 3 is 2.95 bits per heavy atom. The van der Waals surface area contributed by atoms with E-state index in [-0.39, 0.29) is 0 Å². The predicted molar refractivity (Wildman–Crippen MR) is 90.7 cm³/mol. The Labute approximate surface area is 132 Å². The normalized spacial score (nSPS) is 27.9. The number of fused-ring (bicyclic) bond motifs is 2.